The molecule has 430 valence electrons. The number of benzene rings is 6. The van der Waals surface area contributed by atoms with Crippen molar-refractivity contribution in [2.45, 2.75) is 66.7 Å². The Hall–Kier alpha value is -5.62. The Balaban J connectivity index is 0.787. The van der Waals surface area contributed by atoms with E-state index in [0.717, 1.165) is 119 Å². The fourth-order valence-electron chi connectivity index (χ4n) is 10.7. The summed E-state index contributed by atoms with van der Waals surface area (Å²) in [5.41, 5.74) is 5.81. The third-order valence-corrected chi connectivity index (χ3v) is 21.0. The predicted molar refractivity (Wildman–Crippen MR) is 329 cm³/mol. The van der Waals surface area contributed by atoms with Gasteiger partial charge >= 0.3 is 7.60 Å². The lowest BCUT2D eigenvalue weighted by Crippen LogP contribution is -2.47. The van der Waals surface area contributed by atoms with Gasteiger partial charge in [0.05, 0.1) is 21.6 Å². The summed E-state index contributed by atoms with van der Waals surface area (Å²) in [5.74, 6) is 0.782. The first-order valence-corrected chi connectivity index (χ1v) is 34.2. The standard InChI is InChI=1S/C62H74ClN6O8PS3/c1-62(2)32-30-58(48-20-24-51(63)25-21-48)50(45-62)46-68-39-41-69(42-40-68)53-26-22-49(23-27-53)61(70)65-81(74,75)57-28-29-59(60(44-57)80(3,72)73)64-52(47-79-56-18-11-6-12-19-56)31-34-67-37-35-66(36-38-67)33-13-43-78(71,76-54-14-7-4-8-15-54)77-55-16-9-5-10-17-55/h4-12,14-29,44,52,64H,13,30-43,45-47H2,1-3H3,(H,65,70)/t52-/m1/s1. The highest BCUT2D eigenvalue weighted by Gasteiger charge is 2.32. The van der Waals surface area contributed by atoms with Gasteiger partial charge in [-0.25, -0.2) is 26.1 Å². The summed E-state index contributed by atoms with van der Waals surface area (Å²) in [6.45, 7) is 13.7. The number of para-hydroxylation sites is 2. The number of nitrogens with one attached hydrogen (secondary N) is 2. The van der Waals surface area contributed by atoms with Crippen LogP contribution in [0.5, 0.6) is 11.5 Å². The molecule has 9 rings (SSSR count). The first-order valence-electron chi connectivity index (χ1n) is 27.8. The molecule has 19 heteroatoms. The zero-order valence-electron chi connectivity index (χ0n) is 46.4. The van der Waals surface area contributed by atoms with E-state index in [9.17, 15) is 26.2 Å². The van der Waals surface area contributed by atoms with E-state index in [1.807, 2.05) is 91.0 Å². The molecule has 1 aliphatic carbocycles. The quantitative estimate of drug-likeness (QED) is 0.0436. The minimum atomic E-state index is -4.49. The summed E-state index contributed by atoms with van der Waals surface area (Å²) >= 11 is 7.88. The normalized spacial score (nSPS) is 17.1. The fourth-order valence-corrected chi connectivity index (χ4v) is 15.4. The number of sulfone groups is 1. The minimum absolute atomic E-state index is 0.162. The Morgan fingerprint density at radius 1 is 0.716 bits per heavy atom. The van der Waals surface area contributed by atoms with Gasteiger partial charge in [0, 0.05) is 105 Å². The molecule has 0 radical (unpaired) electrons. The van der Waals surface area contributed by atoms with Crippen molar-refractivity contribution in [3.05, 3.63) is 179 Å². The summed E-state index contributed by atoms with van der Waals surface area (Å²) < 4.78 is 82.9. The lowest BCUT2D eigenvalue weighted by atomic mass is 9.73. The third kappa shape index (κ3) is 17.2. The number of sulfonamides is 1. The summed E-state index contributed by atoms with van der Waals surface area (Å²) in [7, 11) is -12.0. The molecule has 6 aromatic rings. The van der Waals surface area contributed by atoms with E-state index in [2.05, 4.69) is 55.6 Å². The van der Waals surface area contributed by atoms with Gasteiger partial charge in [0.2, 0.25) is 0 Å². The molecule has 2 fully saturated rings. The van der Waals surface area contributed by atoms with Crippen molar-refractivity contribution >= 4 is 73.7 Å². The second-order valence-electron chi connectivity index (χ2n) is 22.0. The SMILES string of the molecule is CC1(C)CCC(c2ccc(Cl)cc2)=C(CN2CCN(c3ccc(C(=O)NS(=O)(=O)c4ccc(N[C@H](CCN5CCN(CCCP(=O)(Oc6ccccc6)Oc6ccccc6)CC5)CSc5ccccc5)c(S(C)(=O)=O)c4)cc3)CC2)C1. The molecule has 81 heavy (non-hydrogen) atoms. The summed E-state index contributed by atoms with van der Waals surface area (Å²) in [6.07, 6.45) is 5.85. The lowest BCUT2D eigenvalue weighted by molar-refractivity contribution is 0.0981. The number of hydrogen-bond donors (Lipinski definition) is 2. The monoisotopic (exact) mass is 1190 g/mol. The second kappa shape index (κ2) is 27.2. The molecular formula is C62H74ClN6O8PS3. The molecule has 2 N–H and O–H groups in total. The van der Waals surface area contributed by atoms with Gasteiger partial charge < -0.3 is 29.1 Å². The highest BCUT2D eigenvalue weighted by Crippen LogP contribution is 2.49. The maximum atomic E-state index is 14.1. The number of allylic oxidation sites excluding steroid dienone is 1. The van der Waals surface area contributed by atoms with Crippen LogP contribution in [0.1, 0.15) is 61.9 Å². The predicted octanol–water partition coefficient (Wildman–Crippen LogP) is 12.0. The van der Waals surface area contributed by atoms with Crippen molar-refractivity contribution in [3.8, 4) is 11.5 Å². The van der Waals surface area contributed by atoms with Crippen LogP contribution in [0.25, 0.3) is 5.57 Å². The Morgan fingerprint density at radius 3 is 1.90 bits per heavy atom. The van der Waals surface area contributed by atoms with E-state index < -0.39 is 33.4 Å². The van der Waals surface area contributed by atoms with Crippen LogP contribution in [0, 0.1) is 5.41 Å². The molecule has 0 saturated carbocycles. The number of hydrogen-bond acceptors (Lipinski definition) is 14. The molecule has 2 heterocycles. The van der Waals surface area contributed by atoms with Gasteiger partial charge in [-0.2, -0.15) is 0 Å². The van der Waals surface area contributed by atoms with Crippen molar-refractivity contribution in [1.82, 2.24) is 19.4 Å². The first kappa shape index (κ1) is 60.0. The maximum absolute atomic E-state index is 14.1. The van der Waals surface area contributed by atoms with Gasteiger partial charge in [0.25, 0.3) is 15.9 Å². The Bertz CT molecular complexity index is 3320. The molecule has 0 spiro atoms. The van der Waals surface area contributed by atoms with Crippen LogP contribution in [0.3, 0.4) is 0 Å². The number of thioether (sulfide) groups is 1. The minimum Gasteiger partial charge on any atom is -0.416 e. The average Bonchev–Trinajstić information content (AvgIpc) is 3.62. The van der Waals surface area contributed by atoms with Crippen molar-refractivity contribution in [2.75, 3.05) is 100 Å². The number of carbonyl (C=O) groups is 1. The molecule has 2 saturated heterocycles. The number of halogens is 1. The third-order valence-electron chi connectivity index (χ3n) is 15.2. The summed E-state index contributed by atoms with van der Waals surface area (Å²) in [5, 5.41) is 4.22. The number of amides is 1. The van der Waals surface area contributed by atoms with E-state index in [1.165, 1.54) is 28.8 Å². The van der Waals surface area contributed by atoms with E-state index in [0.29, 0.717) is 30.1 Å². The van der Waals surface area contributed by atoms with Gasteiger partial charge in [-0.05, 0) is 146 Å². The maximum Gasteiger partial charge on any atom is 0.430 e. The molecule has 2 aliphatic heterocycles. The van der Waals surface area contributed by atoms with Gasteiger partial charge in [-0.15, -0.1) is 11.8 Å². The zero-order valence-corrected chi connectivity index (χ0v) is 50.5. The highest BCUT2D eigenvalue weighted by atomic mass is 35.5. The second-order valence-corrected chi connectivity index (χ2v) is 29.3. The Kier molecular flexibility index (Phi) is 20.1. The van der Waals surface area contributed by atoms with Crippen LogP contribution in [0.2, 0.25) is 5.02 Å². The Morgan fingerprint density at radius 2 is 1.30 bits per heavy atom. The van der Waals surface area contributed by atoms with E-state index >= 15 is 0 Å². The van der Waals surface area contributed by atoms with Crippen LogP contribution in [0.4, 0.5) is 11.4 Å². The number of carbonyl (C=O) groups excluding carboxylic acids is 1. The number of anilines is 2. The molecule has 3 aliphatic rings. The van der Waals surface area contributed by atoms with Crippen LogP contribution < -0.4 is 24.0 Å². The number of piperazine rings is 2. The molecule has 0 aromatic heterocycles. The van der Waals surface area contributed by atoms with Crippen molar-refractivity contribution in [3.63, 3.8) is 0 Å². The molecule has 0 bridgehead atoms. The van der Waals surface area contributed by atoms with Crippen LogP contribution >= 0.6 is 31.0 Å². The van der Waals surface area contributed by atoms with E-state index in [-0.39, 0.29) is 38.7 Å². The molecule has 0 unspecified atom stereocenters. The van der Waals surface area contributed by atoms with Crippen LogP contribution in [0.15, 0.2) is 178 Å². The smallest absolute Gasteiger partial charge is 0.416 e. The number of rotatable bonds is 24. The summed E-state index contributed by atoms with van der Waals surface area (Å²) in [6, 6.07) is 47.0. The molecule has 6 aromatic carbocycles. The van der Waals surface area contributed by atoms with E-state index in [1.54, 1.807) is 48.2 Å². The molecule has 14 nitrogen and oxygen atoms in total. The fraction of sp³-hybridized carbons (Fsp3) is 0.371. The molecule has 1 atom stereocenters. The topological polar surface area (TPSA) is 158 Å². The van der Waals surface area contributed by atoms with Gasteiger partial charge in [-0.1, -0.05) is 97.8 Å². The van der Waals surface area contributed by atoms with Crippen molar-refractivity contribution < 1.29 is 35.2 Å². The van der Waals surface area contributed by atoms with Crippen molar-refractivity contribution in [2.24, 2.45) is 5.41 Å². The van der Waals surface area contributed by atoms with Gasteiger partial charge in [-0.3, -0.25) is 9.69 Å². The highest BCUT2D eigenvalue weighted by molar-refractivity contribution is 7.99. The average molecular weight is 1190 g/mol. The van der Waals surface area contributed by atoms with Gasteiger partial charge in [0.1, 0.15) is 11.5 Å². The Labute approximate surface area is 488 Å². The van der Waals surface area contributed by atoms with E-state index in [4.69, 9.17) is 20.6 Å². The number of nitrogens with zero attached hydrogens (tertiary/aromatic N) is 4. The zero-order chi connectivity index (χ0) is 57.0. The molecule has 1 amide bonds. The summed E-state index contributed by atoms with van der Waals surface area (Å²) in [4.78, 5) is 23.7. The lowest BCUT2D eigenvalue weighted by Gasteiger charge is -2.39. The largest absolute Gasteiger partial charge is 0.430 e. The first-order chi connectivity index (χ1) is 38.8. The van der Waals surface area contributed by atoms with Gasteiger partial charge in [0.15, 0.2) is 9.84 Å². The van der Waals surface area contributed by atoms with Crippen molar-refractivity contribution in [1.29, 1.82) is 0 Å². The van der Waals surface area contributed by atoms with Crippen LogP contribution in [-0.4, -0.2) is 134 Å². The van der Waals surface area contributed by atoms with Crippen LogP contribution in [-0.2, 0) is 24.4 Å². The molecular weight excluding hydrogens is 1120 g/mol.